The van der Waals surface area contributed by atoms with Crippen LogP contribution in [0.2, 0.25) is 0 Å². The third-order valence-electron chi connectivity index (χ3n) is 12.0. The van der Waals surface area contributed by atoms with E-state index in [4.69, 9.17) is 9.97 Å². The van der Waals surface area contributed by atoms with Gasteiger partial charge in [0.25, 0.3) is 0 Å². The molecule has 0 saturated carbocycles. The summed E-state index contributed by atoms with van der Waals surface area (Å²) in [5.74, 6) is 1.69. The summed E-state index contributed by atoms with van der Waals surface area (Å²) in [6, 6.07) is 75.2. The Morgan fingerprint density at radius 1 is 0.386 bits per heavy atom. The summed E-state index contributed by atoms with van der Waals surface area (Å²) < 4.78 is 10.3. The Morgan fingerprint density at radius 3 is 1.51 bits per heavy atom. The fourth-order valence-electron chi connectivity index (χ4n) is 9.68. The monoisotopic (exact) mass is 788 g/mol. The second kappa shape index (κ2) is 12.5. The number of rotatable bonds is 5. The van der Waals surface area contributed by atoms with E-state index in [1.165, 1.54) is 55.7 Å². The van der Waals surface area contributed by atoms with Crippen molar-refractivity contribution < 1.29 is 0 Å². The van der Waals surface area contributed by atoms with Crippen LogP contribution in [0.5, 0.6) is 0 Å². The first-order chi connectivity index (χ1) is 28.3. The fourth-order valence-corrected chi connectivity index (χ4v) is 20.6. The van der Waals surface area contributed by atoms with Crippen LogP contribution in [0.1, 0.15) is 0 Å². The maximum absolute atomic E-state index is 5.78. The summed E-state index contributed by atoms with van der Waals surface area (Å²) in [5, 5.41) is 4.82. The van der Waals surface area contributed by atoms with E-state index in [0.717, 1.165) is 39.6 Å². The molecule has 1 aliphatic rings. The van der Waals surface area contributed by atoms with Crippen molar-refractivity contribution in [3.8, 4) is 34.2 Å². The van der Waals surface area contributed by atoms with E-state index in [1.807, 2.05) is 0 Å². The number of nitrogens with zero attached hydrogens (tertiary/aromatic N) is 4. The molecule has 0 atom stereocenters. The topological polar surface area (TPSA) is 35.6 Å². The zero-order valence-electron chi connectivity index (χ0n) is 30.9. The van der Waals surface area contributed by atoms with Crippen LogP contribution < -0.4 is 17.6 Å². The van der Waals surface area contributed by atoms with Gasteiger partial charge < -0.3 is 0 Å². The first-order valence-corrected chi connectivity index (χ1v) is 23.7. The molecule has 0 aliphatic carbocycles. The van der Waals surface area contributed by atoms with Gasteiger partial charge in [-0.05, 0) is 0 Å². The molecule has 57 heavy (non-hydrogen) atoms. The molecule has 0 radical (unpaired) electrons. The van der Waals surface area contributed by atoms with Gasteiger partial charge in [0.15, 0.2) is 0 Å². The van der Waals surface area contributed by atoms with Gasteiger partial charge in [-0.1, -0.05) is 0 Å². The van der Waals surface area contributed by atoms with Gasteiger partial charge in [0.05, 0.1) is 0 Å². The predicted molar refractivity (Wildman–Crippen MR) is 239 cm³/mol. The van der Waals surface area contributed by atoms with Crippen LogP contribution in [0.3, 0.4) is 0 Å². The fraction of sp³-hybridized carbons (Fsp3) is 0. The Labute approximate surface area is 332 Å². The second-order valence-corrected chi connectivity index (χ2v) is 22.7. The third kappa shape index (κ3) is 4.56. The third-order valence-corrected chi connectivity index (χ3v) is 22.2. The normalized spacial score (nSPS) is 13.1. The molecule has 5 heteroatoms. The van der Waals surface area contributed by atoms with Gasteiger partial charge in [0, 0.05) is 0 Å². The van der Waals surface area contributed by atoms with Crippen molar-refractivity contribution in [2.75, 3.05) is 0 Å². The van der Waals surface area contributed by atoms with E-state index in [9.17, 15) is 0 Å². The number of hydrogen-bond acceptors (Lipinski definition) is 2. The van der Waals surface area contributed by atoms with Crippen LogP contribution in [0.4, 0.5) is 0 Å². The van der Waals surface area contributed by atoms with Crippen LogP contribution in [0, 0.1) is 0 Å². The summed E-state index contributed by atoms with van der Waals surface area (Å²) in [5.41, 5.74) is 9.02. The van der Waals surface area contributed by atoms with Gasteiger partial charge in [-0.3, -0.25) is 0 Å². The van der Waals surface area contributed by atoms with Crippen molar-refractivity contribution >= 4 is 74.5 Å². The molecule has 12 rings (SSSR count). The molecule has 0 amide bonds. The maximum atomic E-state index is 5.78. The van der Waals surface area contributed by atoms with Crippen molar-refractivity contribution in [1.82, 2.24) is 19.1 Å². The van der Waals surface area contributed by atoms with Crippen molar-refractivity contribution in [2.24, 2.45) is 0 Å². The van der Waals surface area contributed by atoms with Crippen molar-refractivity contribution in [2.45, 2.75) is 0 Å². The number of fused-ring (bicyclic) bond motifs is 9. The van der Waals surface area contributed by atoms with Crippen molar-refractivity contribution in [3.63, 3.8) is 0 Å². The summed E-state index contributed by atoms with van der Waals surface area (Å²) in [7, 11) is 0. The van der Waals surface area contributed by atoms with Gasteiger partial charge in [-0.15, -0.1) is 0 Å². The standard InChI is InChI=1S/C52H34GeN4/c1-5-19-35(20-6-1)51-54-50-41-29-13-16-30-44(41)53(36-21-7-2-8-22-36,37-23-9-3-10-24-37)49(50)52(55-51)57-46-32-18-15-28-40(46)43-33-47-42(34-48(43)57)39-27-14-17-31-45(39)56(47)38-25-11-4-12-26-38/h1-34H. The molecule has 0 N–H and O–H groups in total. The molecule has 0 saturated heterocycles. The number of hydrogen-bond donors (Lipinski definition) is 0. The zero-order chi connectivity index (χ0) is 37.5. The summed E-state index contributed by atoms with van der Waals surface area (Å²) in [6.07, 6.45) is 0. The Bertz CT molecular complexity index is 3290. The summed E-state index contributed by atoms with van der Waals surface area (Å²) in [4.78, 5) is 11.4. The zero-order valence-corrected chi connectivity index (χ0v) is 33.0. The van der Waals surface area contributed by atoms with Gasteiger partial charge >= 0.3 is 334 Å². The van der Waals surface area contributed by atoms with Crippen LogP contribution >= 0.6 is 0 Å². The van der Waals surface area contributed by atoms with E-state index in [1.54, 1.807) is 0 Å². The van der Waals surface area contributed by atoms with E-state index >= 15 is 0 Å². The molecule has 266 valence electrons. The Morgan fingerprint density at radius 2 is 0.877 bits per heavy atom. The Balaban J connectivity index is 1.29. The molecule has 0 spiro atoms. The van der Waals surface area contributed by atoms with Crippen LogP contribution in [0.15, 0.2) is 206 Å². The minimum atomic E-state index is -3.82. The Kier molecular flexibility index (Phi) is 7.07. The molecule has 0 unspecified atom stereocenters. The van der Waals surface area contributed by atoms with Crippen LogP contribution in [-0.2, 0) is 0 Å². The first kappa shape index (κ1) is 32.2. The Hall–Kier alpha value is -7.02. The van der Waals surface area contributed by atoms with E-state index in [0.29, 0.717) is 0 Å². The number of benzene rings is 8. The predicted octanol–water partition coefficient (Wildman–Crippen LogP) is 9.70. The molecule has 0 bridgehead atoms. The van der Waals surface area contributed by atoms with E-state index in [2.05, 4.69) is 215 Å². The summed E-state index contributed by atoms with van der Waals surface area (Å²) in [6.45, 7) is 0. The van der Waals surface area contributed by atoms with Gasteiger partial charge in [0.1, 0.15) is 0 Å². The number of aromatic nitrogens is 4. The van der Waals surface area contributed by atoms with E-state index in [-0.39, 0.29) is 0 Å². The minimum absolute atomic E-state index is 0.728. The molecule has 4 nitrogen and oxygen atoms in total. The second-order valence-electron chi connectivity index (χ2n) is 14.9. The van der Waals surface area contributed by atoms with E-state index < -0.39 is 13.3 Å². The van der Waals surface area contributed by atoms with Gasteiger partial charge in [-0.25, -0.2) is 0 Å². The van der Waals surface area contributed by atoms with Crippen molar-refractivity contribution in [3.05, 3.63) is 206 Å². The molecule has 4 heterocycles. The van der Waals surface area contributed by atoms with Crippen LogP contribution in [-0.4, -0.2) is 32.4 Å². The molecular weight excluding hydrogens is 753 g/mol. The molecule has 0 fully saturated rings. The number of para-hydroxylation sites is 3. The van der Waals surface area contributed by atoms with Gasteiger partial charge in [0.2, 0.25) is 0 Å². The molecular formula is C52H34GeN4. The van der Waals surface area contributed by atoms with Crippen molar-refractivity contribution in [1.29, 1.82) is 0 Å². The molecule has 3 aromatic heterocycles. The summed E-state index contributed by atoms with van der Waals surface area (Å²) >= 11 is -3.82. The average molecular weight is 787 g/mol. The molecule has 11 aromatic rings. The SMILES string of the molecule is c1ccc(-c2nc3[c](c(-n4c5ccccc5c5cc6c(cc54)c4ccccc4n6-c4ccccc4)n2)[Ge]([c]2ccccc2)([c]2ccccc2)[c]2ccccc2-3)cc1. The quantitative estimate of drug-likeness (QED) is 0.163. The van der Waals surface area contributed by atoms with Gasteiger partial charge in [-0.2, -0.15) is 0 Å². The molecule has 1 aliphatic heterocycles. The molecule has 8 aromatic carbocycles. The average Bonchev–Trinajstić information content (AvgIpc) is 3.90. The van der Waals surface area contributed by atoms with Crippen LogP contribution in [0.25, 0.3) is 77.8 Å². The first-order valence-electron chi connectivity index (χ1n) is 19.5.